The molecular weight excluding hydrogens is 946 g/mol. The lowest BCUT2D eigenvalue weighted by atomic mass is 9.83. The van der Waals surface area contributed by atoms with Crippen molar-refractivity contribution in [2.75, 3.05) is 45.2 Å². The lowest BCUT2D eigenvalue weighted by Gasteiger charge is -2.42. The fourth-order valence-electron chi connectivity index (χ4n) is 11.5. The van der Waals surface area contributed by atoms with Crippen LogP contribution in [0.25, 0.3) is 10.9 Å². The monoisotopic (exact) mass is 1020 g/mol. The van der Waals surface area contributed by atoms with Crippen molar-refractivity contribution in [3.05, 3.63) is 60.2 Å². The minimum atomic E-state index is -4.55. The second-order valence-corrected chi connectivity index (χ2v) is 21.2. The van der Waals surface area contributed by atoms with Gasteiger partial charge in [-0.05, 0) is 126 Å². The van der Waals surface area contributed by atoms with E-state index in [1.165, 1.54) is 12.4 Å². The largest absolute Gasteiger partial charge is 0.416 e. The van der Waals surface area contributed by atoms with Crippen LogP contribution in [0.4, 0.5) is 19.0 Å². The molecule has 8 rings (SSSR count). The third kappa shape index (κ3) is 14.0. The molecule has 2 aliphatic heterocycles. The number of benzene rings is 1. The summed E-state index contributed by atoms with van der Waals surface area (Å²) in [6.07, 6.45) is 10.1. The third-order valence-corrected chi connectivity index (χ3v) is 15.6. The average Bonchev–Trinajstić information content (AvgIpc) is 3.89. The van der Waals surface area contributed by atoms with E-state index >= 15 is 0 Å². The maximum atomic E-state index is 14.1. The van der Waals surface area contributed by atoms with Crippen molar-refractivity contribution in [2.24, 2.45) is 17.8 Å². The number of hydrogen-bond donors (Lipinski definition) is 5. The first-order valence-electron chi connectivity index (χ1n) is 26.5. The molecule has 5 fully saturated rings. The summed E-state index contributed by atoms with van der Waals surface area (Å²) in [5, 5.41) is 16.5. The zero-order valence-electron chi connectivity index (χ0n) is 42.3. The van der Waals surface area contributed by atoms with Gasteiger partial charge in [-0.25, -0.2) is 9.97 Å². The summed E-state index contributed by atoms with van der Waals surface area (Å²) < 4.78 is 53.0. The first kappa shape index (κ1) is 53.8. The van der Waals surface area contributed by atoms with Gasteiger partial charge in [0.05, 0.1) is 53.9 Å². The van der Waals surface area contributed by atoms with Crippen LogP contribution in [-0.4, -0.2) is 137 Å². The number of amides is 5. The molecule has 398 valence electrons. The Balaban J connectivity index is 0.720. The van der Waals surface area contributed by atoms with Gasteiger partial charge in [-0.3, -0.25) is 29.0 Å². The number of ether oxygens (including phenoxy) is 2. The number of anilines is 1. The van der Waals surface area contributed by atoms with Crippen LogP contribution >= 0.6 is 0 Å². The van der Waals surface area contributed by atoms with Gasteiger partial charge in [0.15, 0.2) is 0 Å². The smallest absolute Gasteiger partial charge is 0.378 e. The highest BCUT2D eigenvalue weighted by molar-refractivity contribution is 5.93. The number of carbonyl (C=O) groups excluding carboxylic acids is 5. The molecule has 20 heteroatoms. The first-order chi connectivity index (χ1) is 35.1. The molecule has 17 nitrogen and oxygen atoms in total. The highest BCUT2D eigenvalue weighted by Crippen LogP contribution is 2.38. The predicted molar refractivity (Wildman–Crippen MR) is 266 cm³/mol. The molecular formula is C53H73F3N10O7. The van der Waals surface area contributed by atoms with E-state index in [2.05, 4.69) is 55.4 Å². The van der Waals surface area contributed by atoms with E-state index in [-0.39, 0.29) is 95.5 Å². The topological polar surface area (TPSA) is 209 Å². The van der Waals surface area contributed by atoms with Gasteiger partial charge in [-0.2, -0.15) is 13.2 Å². The SMILES string of the molecule is CC(C)CN[C@@H]1CC[C@H](N2CC[C@H](Nc3ncnc4ccc(C(F)(F)F)cc34)C2=O)[C@H](NC(=O)C2CCC(NC(=O)CCCOC3CCC(OCCNC(=O)[C@H]4CC(=O)N(C)[C@@H]4c4cccnc4)CC3)CC2)C1. The number of hydrogen-bond acceptors (Lipinski definition) is 12. The predicted octanol–water partition coefficient (Wildman–Crippen LogP) is 5.84. The Morgan fingerprint density at radius 2 is 1.60 bits per heavy atom. The van der Waals surface area contributed by atoms with Crippen molar-refractivity contribution in [1.82, 2.24) is 46.0 Å². The van der Waals surface area contributed by atoms with Crippen LogP contribution in [0.2, 0.25) is 0 Å². The van der Waals surface area contributed by atoms with Crippen LogP contribution in [0, 0.1) is 17.8 Å². The van der Waals surface area contributed by atoms with Crippen molar-refractivity contribution >= 4 is 46.3 Å². The number of likely N-dealkylation sites (tertiary alicyclic amines) is 2. The molecule has 73 heavy (non-hydrogen) atoms. The second kappa shape index (κ2) is 24.7. The highest BCUT2D eigenvalue weighted by Gasteiger charge is 2.45. The molecule has 2 saturated heterocycles. The van der Waals surface area contributed by atoms with Crippen molar-refractivity contribution in [3.8, 4) is 0 Å². The molecule has 3 saturated carbocycles. The molecule has 5 aliphatic rings. The fourth-order valence-corrected chi connectivity index (χ4v) is 11.5. The van der Waals surface area contributed by atoms with Gasteiger partial charge in [-0.1, -0.05) is 19.9 Å². The number of pyridine rings is 1. The number of nitrogens with zero attached hydrogens (tertiary/aromatic N) is 5. The summed E-state index contributed by atoms with van der Waals surface area (Å²) in [5.74, 6) is -0.542. The van der Waals surface area contributed by atoms with E-state index in [1.807, 2.05) is 11.0 Å². The molecule has 2 aromatic heterocycles. The standard InChI is InChI=1S/C53H73F3N10O7/c1-32(2)29-59-37-13-19-45(66-23-20-43(52(66)71)63-49-40-26-35(53(54,55)56)10-18-42(40)60-31-61-49)44(27-37)64-50(69)33-8-11-36(12-9-33)62-46(67)7-5-24-72-38-14-16-39(17-15-38)73-25-22-58-51(70)41-28-47(68)65(3)48(41)34-6-4-21-57-30-34/h4,6,10,18,21,26,30-33,36-39,41,43-45,48,59H,5,7-9,11-17,19-20,22-25,27-29H2,1-3H3,(H,58,70)(H,62,67)(H,64,69)(H,60,61,63)/t33?,36?,37-,38?,39?,41+,43+,44-,45+,48-/m1/s1. The lowest BCUT2D eigenvalue weighted by Crippen LogP contribution is -2.59. The molecule has 6 atom stereocenters. The van der Waals surface area contributed by atoms with E-state index < -0.39 is 23.7 Å². The van der Waals surface area contributed by atoms with Gasteiger partial charge in [0.1, 0.15) is 18.2 Å². The van der Waals surface area contributed by atoms with Crippen molar-refractivity contribution in [3.63, 3.8) is 0 Å². The van der Waals surface area contributed by atoms with Crippen molar-refractivity contribution in [1.29, 1.82) is 0 Å². The summed E-state index contributed by atoms with van der Waals surface area (Å²) in [6.45, 7) is 6.80. The quantitative estimate of drug-likeness (QED) is 0.0846. The number of fused-ring (bicyclic) bond motifs is 1. The van der Waals surface area contributed by atoms with Crippen LogP contribution in [-0.2, 0) is 39.6 Å². The number of halogens is 3. The fraction of sp³-hybridized carbons (Fsp3) is 0.660. The number of alkyl halides is 3. The number of rotatable bonds is 20. The molecule has 0 radical (unpaired) electrons. The van der Waals surface area contributed by atoms with Crippen LogP contribution in [0.3, 0.4) is 0 Å². The highest BCUT2D eigenvalue weighted by atomic mass is 19.4. The van der Waals surface area contributed by atoms with E-state index in [0.29, 0.717) is 95.5 Å². The second-order valence-electron chi connectivity index (χ2n) is 21.2. The van der Waals surface area contributed by atoms with Crippen molar-refractivity contribution < 1.29 is 46.6 Å². The van der Waals surface area contributed by atoms with Crippen LogP contribution in [0.15, 0.2) is 49.1 Å². The van der Waals surface area contributed by atoms with Gasteiger partial charge in [0, 0.05) is 75.4 Å². The van der Waals surface area contributed by atoms with Crippen molar-refractivity contribution in [2.45, 2.75) is 165 Å². The Kier molecular flexibility index (Phi) is 18.2. The average molecular weight is 1020 g/mol. The Morgan fingerprint density at radius 1 is 0.863 bits per heavy atom. The summed E-state index contributed by atoms with van der Waals surface area (Å²) in [5.41, 5.74) is 0.354. The third-order valence-electron chi connectivity index (χ3n) is 15.6. The molecule has 1 aromatic carbocycles. The first-order valence-corrected chi connectivity index (χ1v) is 26.5. The van der Waals surface area contributed by atoms with Crippen LogP contribution in [0.1, 0.15) is 127 Å². The zero-order valence-corrected chi connectivity index (χ0v) is 42.3. The molecule has 0 unspecified atom stereocenters. The molecule has 4 heterocycles. The minimum absolute atomic E-state index is 0.0100. The molecule has 0 bridgehead atoms. The van der Waals surface area contributed by atoms with Gasteiger partial charge < -0.3 is 45.9 Å². The summed E-state index contributed by atoms with van der Waals surface area (Å²) in [4.78, 5) is 82.5. The Labute approximate surface area is 425 Å². The molecule has 5 amide bonds. The van der Waals surface area contributed by atoms with Crippen LogP contribution < -0.4 is 26.6 Å². The summed E-state index contributed by atoms with van der Waals surface area (Å²) in [7, 11) is 1.72. The van der Waals surface area contributed by atoms with E-state index in [4.69, 9.17) is 9.47 Å². The Morgan fingerprint density at radius 3 is 2.32 bits per heavy atom. The number of nitrogens with one attached hydrogen (secondary N) is 5. The molecule has 0 spiro atoms. The summed E-state index contributed by atoms with van der Waals surface area (Å²) >= 11 is 0. The van der Waals surface area contributed by atoms with Gasteiger partial charge in [-0.15, -0.1) is 0 Å². The van der Waals surface area contributed by atoms with Gasteiger partial charge in [0.2, 0.25) is 29.5 Å². The normalized spacial score (nSPS) is 27.9. The van der Waals surface area contributed by atoms with Gasteiger partial charge >= 0.3 is 6.18 Å². The maximum absolute atomic E-state index is 14.1. The maximum Gasteiger partial charge on any atom is 0.416 e. The van der Waals surface area contributed by atoms with E-state index in [0.717, 1.165) is 56.3 Å². The minimum Gasteiger partial charge on any atom is -0.378 e. The number of aromatic nitrogens is 3. The summed E-state index contributed by atoms with van der Waals surface area (Å²) in [6, 6.07) is 5.58. The Hall–Kier alpha value is -5.47. The molecule has 3 aromatic rings. The number of carbonyl (C=O) groups is 5. The zero-order chi connectivity index (χ0) is 51.6. The van der Waals surface area contributed by atoms with E-state index in [1.54, 1.807) is 30.4 Å². The Bertz CT molecular complexity index is 2360. The lowest BCUT2D eigenvalue weighted by molar-refractivity contribution is -0.137. The molecule has 3 aliphatic carbocycles. The van der Waals surface area contributed by atoms with Crippen LogP contribution in [0.5, 0.6) is 0 Å². The van der Waals surface area contributed by atoms with E-state index in [9.17, 15) is 37.1 Å². The molecule has 5 N–H and O–H groups in total. The van der Waals surface area contributed by atoms with Gasteiger partial charge in [0.25, 0.3) is 0 Å².